The molecule has 1 fully saturated rings. The van der Waals surface area contributed by atoms with E-state index < -0.39 is 11.6 Å². The molecule has 1 saturated heterocycles. The summed E-state index contributed by atoms with van der Waals surface area (Å²) in [5.74, 6) is -1.33. The lowest BCUT2D eigenvalue weighted by Gasteiger charge is -2.31. The van der Waals surface area contributed by atoms with Crippen LogP contribution in [0.25, 0.3) is 0 Å². The van der Waals surface area contributed by atoms with Crippen molar-refractivity contribution in [2.24, 2.45) is 5.92 Å². The topological polar surface area (TPSA) is 20.3 Å². The molecule has 1 aromatic rings. The van der Waals surface area contributed by atoms with Crippen LogP contribution in [0.1, 0.15) is 18.4 Å². The minimum Gasteiger partial charge on any atom is -0.342 e. The lowest BCUT2D eigenvalue weighted by atomic mass is 9.98. The fraction of sp³-hybridized carbons (Fsp3) is 0.500. The van der Waals surface area contributed by atoms with Gasteiger partial charge in [-0.05, 0) is 24.8 Å². The highest BCUT2D eigenvalue weighted by atomic mass is 79.9. The zero-order valence-corrected chi connectivity index (χ0v) is 12.1. The van der Waals surface area contributed by atoms with E-state index in [1.54, 1.807) is 4.90 Å². The van der Waals surface area contributed by atoms with E-state index >= 15 is 0 Å². The van der Waals surface area contributed by atoms with E-state index in [0.717, 1.165) is 24.2 Å². The van der Waals surface area contributed by atoms with E-state index in [4.69, 9.17) is 0 Å². The maximum Gasteiger partial charge on any atom is 0.227 e. The van der Waals surface area contributed by atoms with Crippen LogP contribution in [0, 0.1) is 17.6 Å². The Kier molecular flexibility index (Phi) is 4.91. The van der Waals surface area contributed by atoms with Crippen molar-refractivity contribution in [2.45, 2.75) is 19.3 Å². The number of hydrogen-bond donors (Lipinski definition) is 0. The third-order valence-electron chi connectivity index (χ3n) is 3.56. The quantitative estimate of drug-likeness (QED) is 0.779. The van der Waals surface area contributed by atoms with Gasteiger partial charge in [0.15, 0.2) is 11.6 Å². The van der Waals surface area contributed by atoms with E-state index in [-0.39, 0.29) is 17.9 Å². The third kappa shape index (κ3) is 3.53. The fourth-order valence-electron chi connectivity index (χ4n) is 2.30. The molecule has 1 amide bonds. The number of carbonyl (C=O) groups is 1. The van der Waals surface area contributed by atoms with Crippen LogP contribution in [0.15, 0.2) is 18.2 Å². The van der Waals surface area contributed by atoms with Crippen LogP contribution in [0.5, 0.6) is 0 Å². The summed E-state index contributed by atoms with van der Waals surface area (Å²) in [4.78, 5) is 13.8. The van der Waals surface area contributed by atoms with Crippen molar-refractivity contribution in [3.8, 4) is 0 Å². The van der Waals surface area contributed by atoms with Gasteiger partial charge in [-0.1, -0.05) is 28.1 Å². The molecule has 19 heavy (non-hydrogen) atoms. The van der Waals surface area contributed by atoms with Gasteiger partial charge in [0.2, 0.25) is 5.91 Å². The molecule has 0 unspecified atom stereocenters. The number of likely N-dealkylation sites (tertiary alicyclic amines) is 1. The highest BCUT2D eigenvalue weighted by Gasteiger charge is 2.23. The molecule has 1 aromatic carbocycles. The Balaban J connectivity index is 1.96. The number of rotatable bonds is 3. The van der Waals surface area contributed by atoms with Crippen LogP contribution in [0.4, 0.5) is 8.78 Å². The third-order valence-corrected chi connectivity index (χ3v) is 4.47. The number of carbonyl (C=O) groups excluding carboxylic acids is 1. The van der Waals surface area contributed by atoms with Crippen molar-refractivity contribution in [2.75, 3.05) is 18.4 Å². The molecular formula is C14H16BrF2NO. The van der Waals surface area contributed by atoms with Crippen LogP contribution in [0.3, 0.4) is 0 Å². The minimum atomic E-state index is -0.911. The molecule has 0 aliphatic carbocycles. The zero-order valence-electron chi connectivity index (χ0n) is 10.5. The Morgan fingerprint density at radius 1 is 1.32 bits per heavy atom. The molecule has 1 aliphatic rings. The minimum absolute atomic E-state index is 0.0669. The number of hydrogen-bond acceptors (Lipinski definition) is 1. The molecule has 1 heterocycles. The summed E-state index contributed by atoms with van der Waals surface area (Å²) in [5.41, 5.74) is 0.132. The zero-order chi connectivity index (χ0) is 13.8. The summed E-state index contributed by atoms with van der Waals surface area (Å²) in [7, 11) is 0. The first-order chi connectivity index (χ1) is 9.11. The first-order valence-electron chi connectivity index (χ1n) is 6.38. The number of piperidine rings is 1. The standard InChI is InChI=1S/C14H16BrF2NO/c15-9-10-4-6-18(7-5-10)13(19)8-11-2-1-3-12(16)14(11)17/h1-3,10H,4-9H2. The van der Waals surface area contributed by atoms with Crippen molar-refractivity contribution < 1.29 is 13.6 Å². The Labute approximate surface area is 119 Å². The van der Waals surface area contributed by atoms with Crippen molar-refractivity contribution in [1.82, 2.24) is 4.90 Å². The van der Waals surface area contributed by atoms with Gasteiger partial charge in [-0.3, -0.25) is 4.79 Å². The van der Waals surface area contributed by atoms with E-state index in [9.17, 15) is 13.6 Å². The van der Waals surface area contributed by atoms with E-state index in [1.165, 1.54) is 12.1 Å². The molecule has 104 valence electrons. The second kappa shape index (κ2) is 6.46. The average Bonchev–Trinajstić information content (AvgIpc) is 2.44. The smallest absolute Gasteiger partial charge is 0.227 e. The second-order valence-electron chi connectivity index (χ2n) is 4.87. The molecule has 0 saturated carbocycles. The van der Waals surface area contributed by atoms with Gasteiger partial charge in [0.1, 0.15) is 0 Å². The van der Waals surface area contributed by atoms with Gasteiger partial charge in [0, 0.05) is 24.0 Å². The molecule has 2 rings (SSSR count). The monoisotopic (exact) mass is 331 g/mol. The molecule has 5 heteroatoms. The molecule has 2 nitrogen and oxygen atoms in total. The molecule has 0 bridgehead atoms. The Morgan fingerprint density at radius 3 is 2.63 bits per heavy atom. The number of halogens is 3. The van der Waals surface area contributed by atoms with Crippen molar-refractivity contribution in [1.29, 1.82) is 0 Å². The van der Waals surface area contributed by atoms with E-state index in [1.807, 2.05) is 0 Å². The number of nitrogens with zero attached hydrogens (tertiary/aromatic N) is 1. The van der Waals surface area contributed by atoms with Crippen molar-refractivity contribution in [3.63, 3.8) is 0 Å². The first kappa shape index (κ1) is 14.4. The molecule has 0 N–H and O–H groups in total. The molecule has 1 aliphatic heterocycles. The highest BCUT2D eigenvalue weighted by molar-refractivity contribution is 9.09. The SMILES string of the molecule is O=C(Cc1cccc(F)c1F)N1CCC(CBr)CC1. The van der Waals surface area contributed by atoms with Crippen LogP contribution in [-0.4, -0.2) is 29.2 Å². The Morgan fingerprint density at radius 2 is 2.00 bits per heavy atom. The van der Waals surface area contributed by atoms with Gasteiger partial charge in [-0.25, -0.2) is 8.78 Å². The largest absolute Gasteiger partial charge is 0.342 e. The summed E-state index contributed by atoms with van der Waals surface area (Å²) >= 11 is 3.44. The lowest BCUT2D eigenvalue weighted by Crippen LogP contribution is -2.39. The lowest BCUT2D eigenvalue weighted by molar-refractivity contribution is -0.131. The normalized spacial score (nSPS) is 16.7. The van der Waals surface area contributed by atoms with Gasteiger partial charge < -0.3 is 4.90 Å². The average molecular weight is 332 g/mol. The van der Waals surface area contributed by atoms with Crippen molar-refractivity contribution in [3.05, 3.63) is 35.4 Å². The van der Waals surface area contributed by atoms with Gasteiger partial charge in [-0.2, -0.15) is 0 Å². The maximum atomic E-state index is 13.5. The van der Waals surface area contributed by atoms with Crippen LogP contribution >= 0.6 is 15.9 Å². The van der Waals surface area contributed by atoms with Crippen LogP contribution < -0.4 is 0 Å². The summed E-state index contributed by atoms with van der Waals surface area (Å²) in [5, 5.41) is 0.952. The highest BCUT2D eigenvalue weighted by Crippen LogP contribution is 2.20. The Hall–Kier alpha value is -0.970. The number of alkyl halides is 1. The van der Waals surface area contributed by atoms with Crippen LogP contribution in [0.2, 0.25) is 0 Å². The maximum absolute atomic E-state index is 13.5. The summed E-state index contributed by atoms with van der Waals surface area (Å²) in [6.45, 7) is 1.40. The molecule has 0 radical (unpaired) electrons. The summed E-state index contributed by atoms with van der Waals surface area (Å²) < 4.78 is 26.6. The summed E-state index contributed by atoms with van der Waals surface area (Å²) in [6, 6.07) is 3.95. The van der Waals surface area contributed by atoms with Gasteiger partial charge in [-0.15, -0.1) is 0 Å². The number of amides is 1. The second-order valence-corrected chi connectivity index (χ2v) is 5.52. The van der Waals surface area contributed by atoms with Gasteiger partial charge in [0.25, 0.3) is 0 Å². The Bertz CT molecular complexity index is 459. The van der Waals surface area contributed by atoms with Crippen molar-refractivity contribution >= 4 is 21.8 Å². The van der Waals surface area contributed by atoms with Gasteiger partial charge >= 0.3 is 0 Å². The molecule has 0 aromatic heterocycles. The number of benzene rings is 1. The van der Waals surface area contributed by atoms with Crippen LogP contribution in [-0.2, 0) is 11.2 Å². The molecular weight excluding hydrogens is 316 g/mol. The predicted molar refractivity (Wildman–Crippen MR) is 73.2 cm³/mol. The molecule has 0 spiro atoms. The van der Waals surface area contributed by atoms with E-state index in [2.05, 4.69) is 15.9 Å². The van der Waals surface area contributed by atoms with Gasteiger partial charge in [0.05, 0.1) is 6.42 Å². The fourth-order valence-corrected chi connectivity index (χ4v) is 2.94. The summed E-state index contributed by atoms with van der Waals surface area (Å²) in [6.07, 6.45) is 1.85. The molecule has 0 atom stereocenters. The predicted octanol–water partition coefficient (Wildman–Crippen LogP) is 3.14. The first-order valence-corrected chi connectivity index (χ1v) is 7.50. The van der Waals surface area contributed by atoms with E-state index in [0.29, 0.717) is 19.0 Å².